The third kappa shape index (κ3) is 8.53. The Morgan fingerprint density at radius 2 is 1.35 bits per heavy atom. The number of alkyl carbamates (subject to hydrolysis) is 1. The molecule has 2 aromatic rings. The quantitative estimate of drug-likeness (QED) is 0.350. The highest BCUT2D eigenvalue weighted by molar-refractivity contribution is 6.99. The maximum absolute atomic E-state index is 13.6. The Kier molecular flexibility index (Phi) is 10.9. The minimum atomic E-state index is -2.86. The molecule has 0 bridgehead atoms. The molecule has 1 atom stereocenters. The first kappa shape index (κ1) is 33.3. The Morgan fingerprint density at radius 1 is 0.875 bits per heavy atom. The Bertz CT molecular complexity index is 1120. The fraction of sp³-hybridized carbons (Fsp3) is 0.500. The van der Waals surface area contributed by atoms with Gasteiger partial charge in [-0.3, -0.25) is 4.79 Å². The zero-order valence-corrected chi connectivity index (χ0v) is 26.8. The fourth-order valence-electron chi connectivity index (χ4n) is 4.63. The van der Waals surface area contributed by atoms with Gasteiger partial charge in [0.15, 0.2) is 0 Å². The average molecular weight is 569 g/mol. The zero-order valence-electron chi connectivity index (χ0n) is 25.8. The van der Waals surface area contributed by atoms with Crippen LogP contribution in [-0.4, -0.2) is 49.3 Å². The number of aliphatic hydroxyl groups is 1. The van der Waals surface area contributed by atoms with Crippen molar-refractivity contribution in [2.45, 2.75) is 97.9 Å². The maximum Gasteiger partial charge on any atom is 0.408 e. The summed E-state index contributed by atoms with van der Waals surface area (Å²) >= 11 is 0. The van der Waals surface area contributed by atoms with Gasteiger partial charge in [0.1, 0.15) is 11.6 Å². The molecule has 0 heterocycles. The number of rotatable bonds is 10. The van der Waals surface area contributed by atoms with Crippen molar-refractivity contribution < 1.29 is 23.9 Å². The second-order valence-electron chi connectivity index (χ2n) is 12.8. The van der Waals surface area contributed by atoms with E-state index in [4.69, 9.17) is 9.16 Å². The van der Waals surface area contributed by atoms with Crippen molar-refractivity contribution >= 4 is 30.7 Å². The highest BCUT2D eigenvalue weighted by Crippen LogP contribution is 2.37. The van der Waals surface area contributed by atoms with Crippen LogP contribution in [0.3, 0.4) is 0 Å². The van der Waals surface area contributed by atoms with Gasteiger partial charge in [-0.05, 0) is 63.4 Å². The average Bonchev–Trinajstić information content (AvgIpc) is 2.85. The van der Waals surface area contributed by atoms with Crippen molar-refractivity contribution in [3.63, 3.8) is 0 Å². The van der Waals surface area contributed by atoms with Crippen molar-refractivity contribution in [1.29, 1.82) is 0 Å². The van der Waals surface area contributed by atoms with Gasteiger partial charge in [0.25, 0.3) is 8.32 Å². The lowest BCUT2D eigenvalue weighted by Gasteiger charge is -2.43. The third-order valence-corrected chi connectivity index (χ3v) is 11.8. The van der Waals surface area contributed by atoms with E-state index in [1.165, 1.54) is 13.8 Å². The van der Waals surface area contributed by atoms with Gasteiger partial charge in [0, 0.05) is 5.70 Å². The van der Waals surface area contributed by atoms with Gasteiger partial charge in [-0.25, -0.2) is 4.79 Å². The number of allylic oxidation sites excluding steroid dienone is 1. The van der Waals surface area contributed by atoms with Crippen LogP contribution in [0.5, 0.6) is 0 Å². The third-order valence-electron chi connectivity index (χ3n) is 6.80. The molecule has 0 aliphatic rings. The van der Waals surface area contributed by atoms with Gasteiger partial charge in [-0.1, -0.05) is 93.9 Å². The summed E-state index contributed by atoms with van der Waals surface area (Å²) in [5.41, 5.74) is -0.748. The van der Waals surface area contributed by atoms with Crippen LogP contribution in [0.15, 0.2) is 71.9 Å². The molecule has 0 saturated carbocycles. The van der Waals surface area contributed by atoms with E-state index in [0.29, 0.717) is 12.1 Å². The number of hydrogen-bond donors (Lipinski definition) is 3. The largest absolute Gasteiger partial charge is 0.444 e. The summed E-state index contributed by atoms with van der Waals surface area (Å²) in [6.45, 7) is 18.9. The summed E-state index contributed by atoms with van der Waals surface area (Å²) in [5, 5.41) is 18.3. The van der Waals surface area contributed by atoms with Gasteiger partial charge in [0.05, 0.1) is 12.2 Å². The van der Waals surface area contributed by atoms with Crippen LogP contribution in [0.2, 0.25) is 5.04 Å². The highest BCUT2D eigenvalue weighted by atomic mass is 28.4. The summed E-state index contributed by atoms with van der Waals surface area (Å²) in [7, 11) is -2.86. The number of carbonyl (C=O) groups is 2. The lowest BCUT2D eigenvalue weighted by Crippen LogP contribution is -2.67. The molecule has 7 nitrogen and oxygen atoms in total. The van der Waals surface area contributed by atoms with Crippen molar-refractivity contribution in [1.82, 2.24) is 10.6 Å². The van der Waals surface area contributed by atoms with Crippen LogP contribution in [0.25, 0.3) is 0 Å². The number of amides is 2. The van der Waals surface area contributed by atoms with Gasteiger partial charge in [-0.2, -0.15) is 0 Å². The molecule has 0 fully saturated rings. The van der Waals surface area contributed by atoms with Gasteiger partial charge >= 0.3 is 6.09 Å². The van der Waals surface area contributed by atoms with Crippen molar-refractivity contribution in [3.05, 3.63) is 71.9 Å². The summed E-state index contributed by atoms with van der Waals surface area (Å²) in [4.78, 5) is 26.1. The standard InChI is InChI=1S/C32H48N2O5Si/c1-11-23(2)26(33-28(35)27(32(9,10)37)34-29(36)39-30(3,4)5)22-38-40(31(6,7)8,24-18-14-12-15-19-24)25-20-16-13-17-21-25/h12-21,27,37H,11,22H2,1-10H3,(H,33,35)(H,34,36)/b26-23-/t27-/m0/s1. The highest BCUT2D eigenvalue weighted by Gasteiger charge is 2.50. The first-order chi connectivity index (χ1) is 18.4. The van der Waals surface area contributed by atoms with E-state index < -0.39 is 37.6 Å². The molecule has 40 heavy (non-hydrogen) atoms. The number of benzene rings is 2. The molecular weight excluding hydrogens is 520 g/mol. The number of hydrogen-bond acceptors (Lipinski definition) is 5. The Labute approximate surface area is 241 Å². The maximum atomic E-state index is 13.6. The van der Waals surface area contributed by atoms with E-state index in [1.807, 2.05) is 50.2 Å². The van der Waals surface area contributed by atoms with Crippen LogP contribution in [0, 0.1) is 0 Å². The second kappa shape index (κ2) is 13.1. The molecule has 0 radical (unpaired) electrons. The summed E-state index contributed by atoms with van der Waals surface area (Å²) in [5.74, 6) is -0.549. The lowest BCUT2D eigenvalue weighted by atomic mass is 9.98. The minimum absolute atomic E-state index is 0.156. The lowest BCUT2D eigenvalue weighted by molar-refractivity contribution is -0.128. The van der Waals surface area contributed by atoms with Crippen molar-refractivity contribution in [3.8, 4) is 0 Å². The summed E-state index contributed by atoms with van der Waals surface area (Å²) in [6, 6.07) is 19.3. The number of ether oxygens (including phenoxy) is 1. The minimum Gasteiger partial charge on any atom is -0.444 e. The Morgan fingerprint density at radius 3 is 1.73 bits per heavy atom. The molecule has 0 saturated heterocycles. The summed E-state index contributed by atoms with van der Waals surface area (Å²) in [6.07, 6.45) is -0.0945. The molecule has 3 N–H and O–H groups in total. The van der Waals surface area contributed by atoms with Crippen molar-refractivity contribution in [2.24, 2.45) is 0 Å². The van der Waals surface area contributed by atoms with Crippen LogP contribution in [-0.2, 0) is 14.0 Å². The van der Waals surface area contributed by atoms with Gasteiger partial charge < -0.3 is 24.9 Å². The SMILES string of the molecule is CC/C(C)=C(/CO[Si](c1ccccc1)(c1ccccc1)C(C)(C)C)NC(=O)[C@H](NC(=O)OC(C)(C)C)C(C)(C)O. The van der Waals surface area contributed by atoms with Crippen LogP contribution in [0.4, 0.5) is 4.79 Å². The molecule has 0 aliphatic heterocycles. The molecule has 2 rings (SSSR count). The molecule has 2 aromatic carbocycles. The van der Waals surface area contributed by atoms with E-state index in [0.717, 1.165) is 15.9 Å². The molecular formula is C32H48N2O5Si. The first-order valence-corrected chi connectivity index (χ1v) is 15.8. The monoisotopic (exact) mass is 568 g/mol. The molecule has 8 heteroatoms. The molecule has 0 spiro atoms. The predicted molar refractivity (Wildman–Crippen MR) is 164 cm³/mol. The van der Waals surface area contributed by atoms with Crippen molar-refractivity contribution in [2.75, 3.05) is 6.61 Å². The second-order valence-corrected chi connectivity index (χ2v) is 17.1. The Balaban J connectivity index is 2.48. The van der Waals surface area contributed by atoms with Crippen LogP contribution >= 0.6 is 0 Å². The van der Waals surface area contributed by atoms with Crippen LogP contribution < -0.4 is 21.0 Å². The molecule has 220 valence electrons. The van der Waals surface area contributed by atoms with Crippen LogP contribution in [0.1, 0.15) is 75.7 Å². The Hall–Kier alpha value is -2.94. The molecule has 0 aromatic heterocycles. The smallest absolute Gasteiger partial charge is 0.408 e. The fourth-order valence-corrected chi connectivity index (χ4v) is 9.15. The van der Waals surface area contributed by atoms with Gasteiger partial charge in [0.2, 0.25) is 5.91 Å². The van der Waals surface area contributed by atoms with E-state index >= 15 is 0 Å². The van der Waals surface area contributed by atoms with E-state index in [2.05, 4.69) is 55.7 Å². The van der Waals surface area contributed by atoms with E-state index in [1.54, 1.807) is 20.8 Å². The number of nitrogens with one attached hydrogen (secondary N) is 2. The van der Waals surface area contributed by atoms with Gasteiger partial charge in [-0.15, -0.1) is 0 Å². The molecule has 2 amide bonds. The van der Waals surface area contributed by atoms with E-state index in [9.17, 15) is 14.7 Å². The first-order valence-electron chi connectivity index (χ1n) is 13.9. The molecule has 0 aliphatic carbocycles. The van der Waals surface area contributed by atoms with E-state index in [-0.39, 0.29) is 11.6 Å². The summed E-state index contributed by atoms with van der Waals surface area (Å²) < 4.78 is 12.4. The normalized spacial score (nSPS) is 14.2. The number of carbonyl (C=O) groups excluding carboxylic acids is 2. The molecule has 0 unspecified atom stereocenters. The predicted octanol–water partition coefficient (Wildman–Crippen LogP) is 5.03. The zero-order chi connectivity index (χ0) is 30.4. The topological polar surface area (TPSA) is 96.9 Å².